The van der Waals surface area contributed by atoms with E-state index in [1.807, 2.05) is 6.92 Å². The molecule has 1 aromatic heterocycles. The predicted molar refractivity (Wildman–Crippen MR) is 89.8 cm³/mol. The summed E-state index contributed by atoms with van der Waals surface area (Å²) < 4.78 is 38.0. The Morgan fingerprint density at radius 3 is 2.69 bits per heavy atom. The van der Waals surface area contributed by atoms with E-state index in [1.54, 1.807) is 4.90 Å². The average Bonchev–Trinajstić information content (AvgIpc) is 3.20. The first-order valence-electron chi connectivity index (χ1n) is 8.53. The summed E-state index contributed by atoms with van der Waals surface area (Å²) in [4.78, 5) is 29.0. The van der Waals surface area contributed by atoms with Gasteiger partial charge in [-0.1, -0.05) is 0 Å². The zero-order valence-corrected chi connectivity index (χ0v) is 15.2. The van der Waals surface area contributed by atoms with E-state index in [1.165, 1.54) is 0 Å². The van der Waals surface area contributed by atoms with Gasteiger partial charge in [0, 0.05) is 37.4 Å². The van der Waals surface area contributed by atoms with Gasteiger partial charge in [-0.05, 0) is 26.2 Å². The molecule has 0 saturated carbocycles. The van der Waals surface area contributed by atoms with Gasteiger partial charge in [-0.25, -0.2) is 9.78 Å². The van der Waals surface area contributed by atoms with Crippen LogP contribution >= 0.6 is 11.3 Å². The molecule has 10 heteroatoms. The van der Waals surface area contributed by atoms with Crippen LogP contribution in [-0.2, 0) is 11.0 Å². The van der Waals surface area contributed by atoms with Crippen LogP contribution in [0.2, 0.25) is 0 Å². The molecule has 144 valence electrons. The van der Waals surface area contributed by atoms with Crippen molar-refractivity contribution in [2.45, 2.75) is 50.2 Å². The standard InChI is InChI=1S/C16H21F3N4O2S/c1-15(5-2-12(24)22-15)9-20-14(25)23-6-3-10(4-7-23)13-21-11(8-26-13)16(17,18)19/h8,10H,2-7,9H2,1H3,(H,20,25)(H,22,24)/t15-/m0/s1. The number of nitrogens with one attached hydrogen (secondary N) is 2. The van der Waals surface area contributed by atoms with Crippen molar-refractivity contribution in [2.75, 3.05) is 19.6 Å². The van der Waals surface area contributed by atoms with Gasteiger partial charge in [0.15, 0.2) is 5.69 Å². The number of carbonyl (C=O) groups is 2. The Morgan fingerprint density at radius 1 is 1.46 bits per heavy atom. The fourth-order valence-electron chi connectivity index (χ4n) is 3.30. The second kappa shape index (κ2) is 7.05. The number of urea groups is 1. The Bertz CT molecular complexity index is 685. The first-order chi connectivity index (χ1) is 12.2. The largest absolute Gasteiger partial charge is 0.434 e. The van der Waals surface area contributed by atoms with Gasteiger partial charge < -0.3 is 15.5 Å². The zero-order chi connectivity index (χ0) is 18.9. The summed E-state index contributed by atoms with van der Waals surface area (Å²) in [6.07, 6.45) is -2.09. The molecule has 0 spiro atoms. The van der Waals surface area contributed by atoms with Crippen molar-refractivity contribution < 1.29 is 22.8 Å². The van der Waals surface area contributed by atoms with Crippen LogP contribution in [0.1, 0.15) is 49.2 Å². The molecule has 0 aromatic carbocycles. The Balaban J connectivity index is 1.48. The van der Waals surface area contributed by atoms with Crippen molar-refractivity contribution >= 4 is 23.3 Å². The minimum Gasteiger partial charge on any atom is -0.349 e. The van der Waals surface area contributed by atoms with Gasteiger partial charge in [0.25, 0.3) is 0 Å². The highest BCUT2D eigenvalue weighted by atomic mass is 32.1. The average molecular weight is 390 g/mol. The summed E-state index contributed by atoms with van der Waals surface area (Å²) in [6, 6.07) is -0.207. The van der Waals surface area contributed by atoms with E-state index in [0.29, 0.717) is 50.3 Å². The highest BCUT2D eigenvalue weighted by Gasteiger charge is 2.36. The molecule has 2 fully saturated rings. The number of rotatable bonds is 3. The fraction of sp³-hybridized carbons (Fsp3) is 0.688. The quantitative estimate of drug-likeness (QED) is 0.833. The van der Waals surface area contributed by atoms with Gasteiger partial charge in [-0.3, -0.25) is 4.79 Å². The Morgan fingerprint density at radius 2 is 2.15 bits per heavy atom. The Kier molecular flexibility index (Phi) is 5.14. The molecule has 0 bridgehead atoms. The van der Waals surface area contributed by atoms with Crippen LogP contribution < -0.4 is 10.6 Å². The third-order valence-corrected chi connectivity index (χ3v) is 5.93. The summed E-state index contributed by atoms with van der Waals surface area (Å²) in [5.74, 6) is -0.0592. The lowest BCUT2D eigenvalue weighted by Gasteiger charge is -2.32. The van der Waals surface area contributed by atoms with Crippen LogP contribution in [0.25, 0.3) is 0 Å². The number of nitrogens with zero attached hydrogens (tertiary/aromatic N) is 2. The maximum Gasteiger partial charge on any atom is 0.434 e. The third-order valence-electron chi connectivity index (χ3n) is 4.92. The summed E-state index contributed by atoms with van der Waals surface area (Å²) in [5, 5.41) is 7.24. The number of piperidine rings is 1. The van der Waals surface area contributed by atoms with E-state index in [4.69, 9.17) is 0 Å². The smallest absolute Gasteiger partial charge is 0.349 e. The summed E-state index contributed by atoms with van der Waals surface area (Å²) in [7, 11) is 0. The lowest BCUT2D eigenvalue weighted by molar-refractivity contribution is -0.140. The molecule has 3 rings (SSSR count). The zero-order valence-electron chi connectivity index (χ0n) is 14.4. The van der Waals surface area contributed by atoms with Crippen LogP contribution in [0.15, 0.2) is 5.38 Å². The molecule has 2 aliphatic rings. The number of carbonyl (C=O) groups excluding carboxylic acids is 2. The first-order valence-corrected chi connectivity index (χ1v) is 9.41. The van der Waals surface area contributed by atoms with Crippen LogP contribution in [-0.4, -0.2) is 47.0 Å². The number of halogens is 3. The molecule has 3 amide bonds. The van der Waals surface area contributed by atoms with E-state index in [2.05, 4.69) is 15.6 Å². The van der Waals surface area contributed by atoms with Gasteiger partial charge in [0.05, 0.1) is 10.5 Å². The van der Waals surface area contributed by atoms with Crippen LogP contribution in [0.5, 0.6) is 0 Å². The topological polar surface area (TPSA) is 74.3 Å². The SMILES string of the molecule is C[C@@]1(CNC(=O)N2CCC(c3nc(C(F)(F)F)cs3)CC2)CCC(=O)N1. The Labute approximate surface area is 153 Å². The van der Waals surface area contributed by atoms with Crippen molar-refractivity contribution in [3.63, 3.8) is 0 Å². The van der Waals surface area contributed by atoms with Crippen molar-refractivity contribution in [2.24, 2.45) is 0 Å². The summed E-state index contributed by atoms with van der Waals surface area (Å²) in [5.41, 5.74) is -1.26. The fourth-order valence-corrected chi connectivity index (χ4v) is 4.30. The van der Waals surface area contributed by atoms with E-state index in [9.17, 15) is 22.8 Å². The highest BCUT2D eigenvalue weighted by molar-refractivity contribution is 7.09. The first kappa shape index (κ1) is 18.9. The monoisotopic (exact) mass is 390 g/mol. The number of alkyl halides is 3. The van der Waals surface area contributed by atoms with E-state index < -0.39 is 17.4 Å². The van der Waals surface area contributed by atoms with Gasteiger partial charge in [-0.2, -0.15) is 13.2 Å². The van der Waals surface area contributed by atoms with Gasteiger partial charge in [0.1, 0.15) is 0 Å². The number of hydrogen-bond donors (Lipinski definition) is 2. The number of thiazole rings is 1. The second-order valence-electron chi connectivity index (χ2n) is 7.10. The third kappa shape index (κ3) is 4.28. The minimum absolute atomic E-state index is 0.00997. The normalized spacial score (nSPS) is 24.6. The highest BCUT2D eigenvalue weighted by Crippen LogP contribution is 2.35. The van der Waals surface area contributed by atoms with E-state index >= 15 is 0 Å². The summed E-state index contributed by atoms with van der Waals surface area (Å²) in [6.45, 7) is 3.20. The van der Waals surface area contributed by atoms with Crippen LogP contribution in [0.4, 0.5) is 18.0 Å². The number of amides is 3. The van der Waals surface area contributed by atoms with E-state index in [0.717, 1.165) is 16.7 Å². The van der Waals surface area contributed by atoms with Crippen LogP contribution in [0, 0.1) is 0 Å². The number of likely N-dealkylation sites (tertiary alicyclic amines) is 1. The molecule has 2 saturated heterocycles. The molecular weight excluding hydrogens is 369 g/mol. The molecule has 26 heavy (non-hydrogen) atoms. The molecule has 0 radical (unpaired) electrons. The van der Waals surface area contributed by atoms with Gasteiger partial charge in [0.2, 0.25) is 5.91 Å². The molecule has 2 aliphatic heterocycles. The minimum atomic E-state index is -4.42. The molecule has 1 aromatic rings. The Hall–Kier alpha value is -1.84. The van der Waals surface area contributed by atoms with Crippen molar-refractivity contribution in [3.8, 4) is 0 Å². The van der Waals surface area contributed by atoms with Gasteiger partial charge >= 0.3 is 12.2 Å². The van der Waals surface area contributed by atoms with Crippen molar-refractivity contribution in [1.29, 1.82) is 0 Å². The number of aromatic nitrogens is 1. The molecule has 6 nitrogen and oxygen atoms in total. The van der Waals surface area contributed by atoms with Crippen molar-refractivity contribution in [1.82, 2.24) is 20.5 Å². The van der Waals surface area contributed by atoms with E-state index in [-0.39, 0.29) is 17.9 Å². The molecule has 1 atom stereocenters. The second-order valence-corrected chi connectivity index (χ2v) is 7.99. The lowest BCUT2D eigenvalue weighted by atomic mass is 9.97. The van der Waals surface area contributed by atoms with Crippen LogP contribution in [0.3, 0.4) is 0 Å². The maximum atomic E-state index is 12.7. The number of hydrogen-bond acceptors (Lipinski definition) is 4. The molecule has 3 heterocycles. The molecular formula is C16H21F3N4O2S. The maximum absolute atomic E-state index is 12.7. The summed E-state index contributed by atoms with van der Waals surface area (Å²) >= 11 is 1.03. The van der Waals surface area contributed by atoms with Gasteiger partial charge in [-0.15, -0.1) is 11.3 Å². The molecule has 0 aliphatic carbocycles. The molecule has 2 N–H and O–H groups in total. The van der Waals surface area contributed by atoms with Crippen molar-refractivity contribution in [3.05, 3.63) is 16.1 Å². The molecule has 0 unspecified atom stereocenters. The lowest BCUT2D eigenvalue weighted by Crippen LogP contribution is -2.52. The predicted octanol–water partition coefficient (Wildman–Crippen LogP) is 2.72.